The van der Waals surface area contributed by atoms with Gasteiger partial charge < -0.3 is 14.4 Å². The molecule has 1 aromatic heterocycles. The first-order valence-corrected chi connectivity index (χ1v) is 8.34. The highest BCUT2D eigenvalue weighted by Crippen LogP contribution is 2.42. The van der Waals surface area contributed by atoms with Crippen molar-refractivity contribution in [2.45, 2.75) is 45.3 Å². The molecule has 1 saturated heterocycles. The van der Waals surface area contributed by atoms with Gasteiger partial charge in [0, 0.05) is 24.8 Å². The van der Waals surface area contributed by atoms with E-state index < -0.39 is 5.60 Å². The molecule has 2 fully saturated rings. The van der Waals surface area contributed by atoms with Crippen molar-refractivity contribution in [2.75, 3.05) is 13.2 Å². The molecule has 1 saturated carbocycles. The van der Waals surface area contributed by atoms with Crippen molar-refractivity contribution in [3.8, 4) is 11.9 Å². The first-order valence-electron chi connectivity index (χ1n) is 8.34. The van der Waals surface area contributed by atoms with Crippen LogP contribution in [0.2, 0.25) is 0 Å². The minimum Gasteiger partial charge on any atom is -0.477 e. The molecule has 6 nitrogen and oxygen atoms in total. The summed E-state index contributed by atoms with van der Waals surface area (Å²) in [5, 5.41) is 8.91. The molecule has 2 aliphatic rings. The first kappa shape index (κ1) is 16.6. The van der Waals surface area contributed by atoms with Crippen LogP contribution in [0.1, 0.15) is 39.2 Å². The fourth-order valence-electron chi connectivity index (χ4n) is 3.56. The highest BCUT2D eigenvalue weighted by Gasteiger charge is 2.47. The van der Waals surface area contributed by atoms with Crippen molar-refractivity contribution < 1.29 is 14.3 Å². The highest BCUT2D eigenvalue weighted by molar-refractivity contribution is 5.69. The maximum Gasteiger partial charge on any atom is 0.410 e. The van der Waals surface area contributed by atoms with E-state index in [-0.39, 0.29) is 12.1 Å². The number of amides is 1. The lowest BCUT2D eigenvalue weighted by molar-refractivity contribution is 0.0142. The minimum absolute atomic E-state index is 0.210. The summed E-state index contributed by atoms with van der Waals surface area (Å²) in [5.74, 6) is 1.35. The van der Waals surface area contributed by atoms with Crippen molar-refractivity contribution in [1.82, 2.24) is 9.88 Å². The van der Waals surface area contributed by atoms with E-state index in [0.717, 1.165) is 19.4 Å². The number of fused-ring (bicyclic) bond motifs is 2. The quantitative estimate of drug-likeness (QED) is 0.852. The minimum atomic E-state index is -0.459. The van der Waals surface area contributed by atoms with Gasteiger partial charge in [0.1, 0.15) is 5.60 Å². The van der Waals surface area contributed by atoms with Gasteiger partial charge in [-0.25, -0.2) is 9.78 Å². The van der Waals surface area contributed by atoms with Crippen molar-refractivity contribution in [3.05, 3.63) is 23.9 Å². The van der Waals surface area contributed by atoms with Gasteiger partial charge in [-0.1, -0.05) is 0 Å². The second-order valence-electron chi connectivity index (χ2n) is 7.58. The number of ether oxygens (including phenoxy) is 2. The van der Waals surface area contributed by atoms with Crippen LogP contribution in [-0.2, 0) is 4.74 Å². The summed E-state index contributed by atoms with van der Waals surface area (Å²) >= 11 is 0. The Kier molecular flexibility index (Phi) is 4.35. The number of aromatic nitrogens is 1. The Bertz CT molecular complexity index is 662. The molecule has 1 aliphatic carbocycles. The fraction of sp³-hybridized carbons (Fsp3) is 0.611. The number of hydrogen-bond donors (Lipinski definition) is 0. The summed E-state index contributed by atoms with van der Waals surface area (Å²) in [7, 11) is 0. The SMILES string of the molecule is CC(C)(C)OC(=O)N1CC2CC1CC2COc1cc(C#N)ccn1. The van der Waals surface area contributed by atoms with Gasteiger partial charge in [-0.05, 0) is 51.5 Å². The van der Waals surface area contributed by atoms with Crippen LogP contribution < -0.4 is 4.74 Å². The summed E-state index contributed by atoms with van der Waals surface area (Å²) in [6.45, 7) is 6.97. The molecular weight excluding hydrogens is 306 g/mol. The summed E-state index contributed by atoms with van der Waals surface area (Å²) < 4.78 is 11.2. The molecule has 0 aromatic carbocycles. The summed E-state index contributed by atoms with van der Waals surface area (Å²) in [6.07, 6.45) is 3.32. The Morgan fingerprint density at radius 3 is 2.88 bits per heavy atom. The van der Waals surface area contributed by atoms with Crippen molar-refractivity contribution in [2.24, 2.45) is 11.8 Å². The van der Waals surface area contributed by atoms with Crippen LogP contribution >= 0.6 is 0 Å². The summed E-state index contributed by atoms with van der Waals surface area (Å²) in [4.78, 5) is 18.2. The smallest absolute Gasteiger partial charge is 0.410 e. The van der Waals surface area contributed by atoms with Gasteiger partial charge in [-0.3, -0.25) is 0 Å². The molecule has 6 heteroatoms. The molecule has 1 aromatic rings. The van der Waals surface area contributed by atoms with Gasteiger partial charge >= 0.3 is 6.09 Å². The Labute approximate surface area is 142 Å². The molecule has 128 valence electrons. The molecule has 3 atom stereocenters. The molecular formula is C18H23N3O3. The van der Waals surface area contributed by atoms with Crippen molar-refractivity contribution >= 4 is 6.09 Å². The molecule has 24 heavy (non-hydrogen) atoms. The molecule has 0 spiro atoms. The summed E-state index contributed by atoms with van der Waals surface area (Å²) in [6, 6.07) is 5.64. The number of likely N-dealkylation sites (tertiary alicyclic amines) is 1. The number of pyridine rings is 1. The maximum absolute atomic E-state index is 12.2. The molecule has 0 N–H and O–H groups in total. The van der Waals surface area contributed by atoms with E-state index in [9.17, 15) is 4.79 Å². The monoisotopic (exact) mass is 329 g/mol. The lowest BCUT2D eigenvalue weighted by atomic mass is 9.96. The van der Waals surface area contributed by atoms with E-state index in [1.165, 1.54) is 0 Å². The average molecular weight is 329 g/mol. The van der Waals surface area contributed by atoms with Crippen LogP contribution in [0.3, 0.4) is 0 Å². The first-order chi connectivity index (χ1) is 11.4. The number of nitriles is 1. The van der Waals surface area contributed by atoms with E-state index in [2.05, 4.69) is 11.1 Å². The molecule has 1 aliphatic heterocycles. The van der Waals surface area contributed by atoms with Gasteiger partial charge in [0.15, 0.2) is 0 Å². The molecule has 0 radical (unpaired) electrons. The van der Waals surface area contributed by atoms with Crippen LogP contribution in [0.5, 0.6) is 5.88 Å². The summed E-state index contributed by atoms with van der Waals surface area (Å²) in [5.41, 5.74) is 0.0859. The van der Waals surface area contributed by atoms with Gasteiger partial charge in [0.2, 0.25) is 5.88 Å². The lowest BCUT2D eigenvalue weighted by Crippen LogP contribution is -2.43. The van der Waals surface area contributed by atoms with E-state index in [1.807, 2.05) is 25.7 Å². The van der Waals surface area contributed by atoms with Gasteiger partial charge in [0.25, 0.3) is 0 Å². The van der Waals surface area contributed by atoms with Gasteiger partial charge in [-0.2, -0.15) is 5.26 Å². The second kappa shape index (κ2) is 6.31. The molecule has 1 amide bonds. The van der Waals surface area contributed by atoms with Crippen molar-refractivity contribution in [1.29, 1.82) is 5.26 Å². The number of rotatable bonds is 3. The Morgan fingerprint density at radius 1 is 1.46 bits per heavy atom. The number of nitrogens with zero attached hydrogens (tertiary/aromatic N) is 3. The third-order valence-electron chi connectivity index (χ3n) is 4.63. The number of carbonyl (C=O) groups is 1. The molecule has 2 bridgehead atoms. The zero-order valence-corrected chi connectivity index (χ0v) is 14.4. The van der Waals surface area contributed by atoms with E-state index in [1.54, 1.807) is 18.3 Å². The van der Waals surface area contributed by atoms with Crippen LogP contribution in [0.15, 0.2) is 18.3 Å². The van der Waals surface area contributed by atoms with E-state index in [0.29, 0.717) is 29.9 Å². The number of carbonyl (C=O) groups excluding carboxylic acids is 1. The third kappa shape index (κ3) is 3.61. The predicted octanol–water partition coefficient (Wildman–Crippen LogP) is 2.98. The standard InChI is InChI=1S/C18H23N3O3/c1-18(2,3)24-17(22)21-10-13-7-15(21)8-14(13)11-23-16-6-12(9-19)4-5-20-16/h4-6,13-15H,7-8,10-11H2,1-3H3. The largest absolute Gasteiger partial charge is 0.477 e. The Hall–Kier alpha value is -2.29. The van der Waals surface area contributed by atoms with Crippen LogP contribution in [0, 0.1) is 23.2 Å². The van der Waals surface area contributed by atoms with Gasteiger partial charge in [0.05, 0.1) is 18.2 Å². The molecule has 3 rings (SSSR count). The van der Waals surface area contributed by atoms with Gasteiger partial charge in [-0.15, -0.1) is 0 Å². The second-order valence-corrected chi connectivity index (χ2v) is 7.58. The zero-order chi connectivity index (χ0) is 17.3. The van der Waals surface area contributed by atoms with E-state index in [4.69, 9.17) is 14.7 Å². The lowest BCUT2D eigenvalue weighted by Gasteiger charge is -2.33. The predicted molar refractivity (Wildman–Crippen MR) is 87.4 cm³/mol. The number of piperidine rings is 1. The van der Waals surface area contributed by atoms with Crippen molar-refractivity contribution in [3.63, 3.8) is 0 Å². The molecule has 3 unspecified atom stereocenters. The van der Waals surface area contributed by atoms with Crippen LogP contribution in [0.25, 0.3) is 0 Å². The van der Waals surface area contributed by atoms with E-state index >= 15 is 0 Å². The highest BCUT2D eigenvalue weighted by atomic mass is 16.6. The maximum atomic E-state index is 12.2. The number of hydrogen-bond acceptors (Lipinski definition) is 5. The molecule has 2 heterocycles. The Morgan fingerprint density at radius 2 is 2.25 bits per heavy atom. The Balaban J connectivity index is 1.52. The third-order valence-corrected chi connectivity index (χ3v) is 4.63. The zero-order valence-electron chi connectivity index (χ0n) is 14.4. The van der Waals surface area contributed by atoms with Crippen LogP contribution in [0.4, 0.5) is 4.79 Å². The van der Waals surface area contributed by atoms with Crippen LogP contribution in [-0.4, -0.2) is 40.8 Å². The normalized spacial score (nSPS) is 25.4. The topological polar surface area (TPSA) is 75.4 Å². The fourth-order valence-corrected chi connectivity index (χ4v) is 3.56. The average Bonchev–Trinajstić information content (AvgIpc) is 3.11.